The molecule has 1 aromatic rings. The molecule has 0 saturated carbocycles. The molecule has 4 heteroatoms. The number of anilines is 1. The van der Waals surface area contributed by atoms with Gasteiger partial charge in [-0.15, -0.1) is 0 Å². The molecular weight excluding hydrogens is 260 g/mol. The summed E-state index contributed by atoms with van der Waals surface area (Å²) in [5.41, 5.74) is 13.6. The van der Waals surface area contributed by atoms with E-state index < -0.39 is 0 Å². The molecule has 4 N–H and O–H groups in total. The standard InChI is InChI=1S/C17H24N4/c18-16-3-1-2-8-17(16,19)13-14-6-11-21(12-7-14)15-4-9-20-10-5-15/h1-5,8-10,14,16H,6-7,11-13,18-19H2. The van der Waals surface area contributed by atoms with Gasteiger partial charge in [0.25, 0.3) is 0 Å². The van der Waals surface area contributed by atoms with Crippen LogP contribution in [0.3, 0.4) is 0 Å². The van der Waals surface area contributed by atoms with E-state index in [-0.39, 0.29) is 11.6 Å². The molecule has 2 heterocycles. The minimum absolute atomic E-state index is 0.0688. The summed E-state index contributed by atoms with van der Waals surface area (Å²) in [7, 11) is 0. The number of rotatable bonds is 3. The highest BCUT2D eigenvalue weighted by atomic mass is 15.1. The Morgan fingerprint density at radius 3 is 2.57 bits per heavy atom. The van der Waals surface area contributed by atoms with Gasteiger partial charge in [0.15, 0.2) is 0 Å². The Kier molecular flexibility index (Phi) is 4.08. The molecule has 1 aliphatic carbocycles. The molecule has 0 radical (unpaired) electrons. The molecule has 21 heavy (non-hydrogen) atoms. The Morgan fingerprint density at radius 2 is 1.90 bits per heavy atom. The van der Waals surface area contributed by atoms with Gasteiger partial charge in [-0.2, -0.15) is 0 Å². The number of nitrogens with two attached hydrogens (primary N) is 2. The minimum Gasteiger partial charge on any atom is -0.371 e. The van der Waals surface area contributed by atoms with Crippen molar-refractivity contribution in [1.29, 1.82) is 0 Å². The first kappa shape index (κ1) is 14.3. The number of hydrogen-bond donors (Lipinski definition) is 2. The van der Waals surface area contributed by atoms with Gasteiger partial charge in [0.1, 0.15) is 0 Å². The zero-order chi connectivity index (χ0) is 14.7. The molecule has 1 fully saturated rings. The Labute approximate surface area is 126 Å². The molecule has 0 bridgehead atoms. The highest BCUT2D eigenvalue weighted by Crippen LogP contribution is 2.30. The number of allylic oxidation sites excluding steroid dienone is 2. The lowest BCUT2D eigenvalue weighted by Gasteiger charge is -2.39. The maximum Gasteiger partial charge on any atom is 0.0535 e. The van der Waals surface area contributed by atoms with E-state index in [2.05, 4.69) is 28.1 Å². The van der Waals surface area contributed by atoms with Crippen molar-refractivity contribution in [1.82, 2.24) is 4.98 Å². The van der Waals surface area contributed by atoms with Gasteiger partial charge in [-0.05, 0) is 37.3 Å². The van der Waals surface area contributed by atoms with E-state index >= 15 is 0 Å². The quantitative estimate of drug-likeness (QED) is 0.888. The van der Waals surface area contributed by atoms with Crippen LogP contribution in [0, 0.1) is 5.92 Å². The molecule has 2 unspecified atom stereocenters. The van der Waals surface area contributed by atoms with Crippen LogP contribution in [0.15, 0.2) is 48.8 Å². The Morgan fingerprint density at radius 1 is 1.19 bits per heavy atom. The molecule has 0 aromatic carbocycles. The van der Waals surface area contributed by atoms with Gasteiger partial charge in [0.05, 0.1) is 5.54 Å². The van der Waals surface area contributed by atoms with Gasteiger partial charge in [-0.25, -0.2) is 0 Å². The van der Waals surface area contributed by atoms with E-state index in [1.165, 1.54) is 18.5 Å². The van der Waals surface area contributed by atoms with Crippen LogP contribution < -0.4 is 16.4 Å². The summed E-state index contributed by atoms with van der Waals surface area (Å²) < 4.78 is 0. The van der Waals surface area contributed by atoms with E-state index in [4.69, 9.17) is 11.5 Å². The molecule has 112 valence electrons. The van der Waals surface area contributed by atoms with Crippen LogP contribution >= 0.6 is 0 Å². The third kappa shape index (κ3) is 3.17. The Hall–Kier alpha value is -1.65. The van der Waals surface area contributed by atoms with Crippen LogP contribution in [0.5, 0.6) is 0 Å². The highest BCUT2D eigenvalue weighted by molar-refractivity contribution is 5.44. The van der Waals surface area contributed by atoms with Crippen LogP contribution in [-0.2, 0) is 0 Å². The number of nitrogens with zero attached hydrogens (tertiary/aromatic N) is 2. The third-order valence-electron chi connectivity index (χ3n) is 4.74. The Bertz CT molecular complexity index is 517. The largest absolute Gasteiger partial charge is 0.371 e. The van der Waals surface area contributed by atoms with Crippen molar-refractivity contribution in [3.63, 3.8) is 0 Å². The lowest BCUT2D eigenvalue weighted by molar-refractivity contribution is 0.298. The van der Waals surface area contributed by atoms with Crippen molar-refractivity contribution in [3.8, 4) is 0 Å². The fourth-order valence-electron chi connectivity index (χ4n) is 3.36. The molecule has 1 aromatic heterocycles. The van der Waals surface area contributed by atoms with Gasteiger partial charge < -0.3 is 16.4 Å². The van der Waals surface area contributed by atoms with E-state index in [0.717, 1.165) is 19.5 Å². The Balaban J connectivity index is 1.57. The van der Waals surface area contributed by atoms with Crippen LogP contribution in [-0.4, -0.2) is 29.7 Å². The second kappa shape index (κ2) is 6.00. The van der Waals surface area contributed by atoms with Crippen LogP contribution in [0.4, 0.5) is 5.69 Å². The molecule has 0 spiro atoms. The molecular formula is C17H24N4. The average molecular weight is 284 g/mol. The summed E-state index contributed by atoms with van der Waals surface area (Å²) in [4.78, 5) is 6.51. The molecule has 3 rings (SSSR count). The molecule has 1 saturated heterocycles. The van der Waals surface area contributed by atoms with Gasteiger partial charge in [0, 0.05) is 37.2 Å². The predicted molar refractivity (Wildman–Crippen MR) is 87.0 cm³/mol. The summed E-state index contributed by atoms with van der Waals surface area (Å²) in [6.45, 7) is 2.17. The van der Waals surface area contributed by atoms with Crippen molar-refractivity contribution in [2.75, 3.05) is 18.0 Å². The SMILES string of the molecule is NC1C=CC=CC1(N)CC1CCN(c2ccncc2)CC1. The zero-order valence-corrected chi connectivity index (χ0v) is 12.4. The maximum atomic E-state index is 6.49. The van der Waals surface area contributed by atoms with E-state index in [1.807, 2.05) is 30.6 Å². The smallest absolute Gasteiger partial charge is 0.0535 e. The fourth-order valence-corrected chi connectivity index (χ4v) is 3.36. The lowest BCUT2D eigenvalue weighted by Crippen LogP contribution is -2.55. The highest BCUT2D eigenvalue weighted by Gasteiger charge is 2.33. The van der Waals surface area contributed by atoms with E-state index in [9.17, 15) is 0 Å². The van der Waals surface area contributed by atoms with Crippen molar-refractivity contribution in [2.24, 2.45) is 17.4 Å². The molecule has 2 atom stereocenters. The van der Waals surface area contributed by atoms with Crippen molar-refractivity contribution in [3.05, 3.63) is 48.8 Å². The van der Waals surface area contributed by atoms with Crippen molar-refractivity contribution in [2.45, 2.75) is 30.8 Å². The van der Waals surface area contributed by atoms with E-state index in [1.54, 1.807) is 0 Å². The summed E-state index contributed by atoms with van der Waals surface area (Å²) >= 11 is 0. The lowest BCUT2D eigenvalue weighted by atomic mass is 9.77. The number of aromatic nitrogens is 1. The summed E-state index contributed by atoms with van der Waals surface area (Å²) in [6.07, 6.45) is 15.1. The van der Waals surface area contributed by atoms with Gasteiger partial charge in [0.2, 0.25) is 0 Å². The first-order chi connectivity index (χ1) is 10.2. The number of pyridine rings is 1. The zero-order valence-electron chi connectivity index (χ0n) is 12.4. The third-order valence-corrected chi connectivity index (χ3v) is 4.74. The van der Waals surface area contributed by atoms with Gasteiger partial charge in [-0.1, -0.05) is 24.3 Å². The molecule has 0 amide bonds. The second-order valence-electron chi connectivity index (χ2n) is 6.22. The average Bonchev–Trinajstić information content (AvgIpc) is 2.52. The molecule has 2 aliphatic rings. The van der Waals surface area contributed by atoms with Gasteiger partial charge >= 0.3 is 0 Å². The maximum absolute atomic E-state index is 6.49. The topological polar surface area (TPSA) is 68.2 Å². The van der Waals surface area contributed by atoms with Crippen LogP contribution in [0.2, 0.25) is 0 Å². The van der Waals surface area contributed by atoms with Crippen molar-refractivity contribution < 1.29 is 0 Å². The summed E-state index contributed by atoms with van der Waals surface area (Å²) in [6, 6.07) is 4.09. The van der Waals surface area contributed by atoms with E-state index in [0.29, 0.717) is 5.92 Å². The number of hydrogen-bond acceptors (Lipinski definition) is 4. The number of piperidine rings is 1. The predicted octanol–water partition coefficient (Wildman–Crippen LogP) is 1.84. The van der Waals surface area contributed by atoms with Crippen LogP contribution in [0.1, 0.15) is 19.3 Å². The first-order valence-corrected chi connectivity index (χ1v) is 7.73. The normalized spacial score (nSPS) is 29.8. The molecule has 1 aliphatic heterocycles. The monoisotopic (exact) mass is 284 g/mol. The molecule has 4 nitrogen and oxygen atoms in total. The fraction of sp³-hybridized carbons (Fsp3) is 0.471. The first-order valence-electron chi connectivity index (χ1n) is 7.73. The van der Waals surface area contributed by atoms with Crippen molar-refractivity contribution >= 4 is 5.69 Å². The second-order valence-corrected chi connectivity index (χ2v) is 6.22. The van der Waals surface area contributed by atoms with Crippen LogP contribution in [0.25, 0.3) is 0 Å². The summed E-state index contributed by atoms with van der Waals surface area (Å²) in [5.74, 6) is 0.648. The minimum atomic E-state index is -0.377. The summed E-state index contributed by atoms with van der Waals surface area (Å²) in [5, 5.41) is 0. The van der Waals surface area contributed by atoms with Gasteiger partial charge in [-0.3, -0.25) is 4.98 Å².